The molecular formula is C22H24N2O3. The summed E-state index contributed by atoms with van der Waals surface area (Å²) in [5.41, 5.74) is 2.73. The molecule has 0 fully saturated rings. The van der Waals surface area contributed by atoms with Crippen LogP contribution in [0.5, 0.6) is 11.5 Å². The maximum absolute atomic E-state index is 12.9. The number of nitrogens with zero attached hydrogens (tertiary/aromatic N) is 1. The van der Waals surface area contributed by atoms with E-state index in [2.05, 4.69) is 16.8 Å². The highest BCUT2D eigenvalue weighted by Crippen LogP contribution is 2.34. The average Bonchev–Trinajstić information content (AvgIpc) is 3.07. The molecule has 2 heterocycles. The Morgan fingerprint density at radius 1 is 1.22 bits per heavy atom. The van der Waals surface area contributed by atoms with Gasteiger partial charge in [-0.1, -0.05) is 31.2 Å². The molecule has 140 valence electrons. The Balaban J connectivity index is 1.54. The maximum Gasteiger partial charge on any atom is 0.268 e. The summed E-state index contributed by atoms with van der Waals surface area (Å²) < 4.78 is 13.6. The second-order valence-corrected chi connectivity index (χ2v) is 6.74. The highest BCUT2D eigenvalue weighted by atomic mass is 16.5. The van der Waals surface area contributed by atoms with Gasteiger partial charge in [0.25, 0.3) is 5.91 Å². The van der Waals surface area contributed by atoms with Crippen LogP contribution in [-0.4, -0.2) is 23.2 Å². The molecule has 0 bridgehead atoms. The summed E-state index contributed by atoms with van der Waals surface area (Å²) in [7, 11) is 0. The van der Waals surface area contributed by atoms with Gasteiger partial charge in [-0.3, -0.25) is 4.79 Å². The Morgan fingerprint density at radius 3 is 2.78 bits per heavy atom. The van der Waals surface area contributed by atoms with E-state index < -0.39 is 0 Å². The smallest absolute Gasteiger partial charge is 0.268 e. The second-order valence-electron chi connectivity index (χ2n) is 6.74. The number of aromatic nitrogens is 1. The van der Waals surface area contributed by atoms with Gasteiger partial charge >= 0.3 is 0 Å². The minimum Gasteiger partial charge on any atom is -0.494 e. The van der Waals surface area contributed by atoms with Crippen molar-refractivity contribution in [1.82, 2.24) is 9.88 Å². The van der Waals surface area contributed by atoms with Gasteiger partial charge < -0.3 is 19.4 Å². The fraction of sp³-hybridized carbons (Fsp3) is 0.318. The molecule has 5 nitrogen and oxygen atoms in total. The van der Waals surface area contributed by atoms with Crippen LogP contribution in [-0.2, 0) is 13.1 Å². The van der Waals surface area contributed by atoms with Crippen molar-refractivity contribution in [2.45, 2.75) is 39.5 Å². The summed E-state index contributed by atoms with van der Waals surface area (Å²) >= 11 is 0. The first-order valence-corrected chi connectivity index (χ1v) is 9.48. The summed E-state index contributed by atoms with van der Waals surface area (Å²) in [6, 6.07) is 15.7. The van der Waals surface area contributed by atoms with E-state index in [1.165, 1.54) is 0 Å². The number of amides is 1. The van der Waals surface area contributed by atoms with E-state index in [1.807, 2.05) is 55.5 Å². The number of rotatable bonds is 6. The molecule has 0 saturated heterocycles. The van der Waals surface area contributed by atoms with Crippen LogP contribution in [0.3, 0.4) is 0 Å². The first-order valence-electron chi connectivity index (χ1n) is 9.48. The third-order valence-corrected chi connectivity index (χ3v) is 4.94. The van der Waals surface area contributed by atoms with Crippen LogP contribution in [0, 0.1) is 0 Å². The van der Waals surface area contributed by atoms with E-state index in [9.17, 15) is 4.79 Å². The second kappa shape index (κ2) is 7.35. The summed E-state index contributed by atoms with van der Waals surface area (Å²) in [5.74, 6) is 1.63. The van der Waals surface area contributed by atoms with E-state index in [1.54, 1.807) is 0 Å². The Hall–Kier alpha value is -2.95. The van der Waals surface area contributed by atoms with E-state index >= 15 is 0 Å². The number of hydrogen-bond donors (Lipinski definition) is 1. The lowest BCUT2D eigenvalue weighted by Crippen LogP contribution is -2.31. The van der Waals surface area contributed by atoms with Crippen molar-refractivity contribution in [1.29, 1.82) is 0 Å². The van der Waals surface area contributed by atoms with E-state index in [0.717, 1.165) is 34.4 Å². The molecule has 3 aromatic rings. The average molecular weight is 364 g/mol. The molecule has 0 saturated carbocycles. The van der Waals surface area contributed by atoms with Crippen LogP contribution in [0.25, 0.3) is 10.9 Å². The minimum atomic E-state index is -0.0669. The maximum atomic E-state index is 12.9. The van der Waals surface area contributed by atoms with Crippen molar-refractivity contribution >= 4 is 16.8 Å². The van der Waals surface area contributed by atoms with Gasteiger partial charge in [-0.15, -0.1) is 0 Å². The monoisotopic (exact) mass is 364 g/mol. The summed E-state index contributed by atoms with van der Waals surface area (Å²) in [6.07, 6.45) is 0.995. The molecule has 0 radical (unpaired) electrons. The number of ether oxygens (including phenoxy) is 2. The van der Waals surface area contributed by atoms with Gasteiger partial charge in [0.2, 0.25) is 0 Å². The highest BCUT2D eigenvalue weighted by molar-refractivity contribution is 6.00. The molecule has 0 spiro atoms. The predicted molar refractivity (Wildman–Crippen MR) is 105 cm³/mol. The Labute approximate surface area is 158 Å². The molecule has 0 aliphatic carbocycles. The number of hydrogen-bond acceptors (Lipinski definition) is 3. The largest absolute Gasteiger partial charge is 0.494 e. The third-order valence-electron chi connectivity index (χ3n) is 4.94. The van der Waals surface area contributed by atoms with Crippen molar-refractivity contribution in [3.63, 3.8) is 0 Å². The molecule has 1 aliphatic heterocycles. The van der Waals surface area contributed by atoms with E-state index in [0.29, 0.717) is 25.4 Å². The zero-order valence-electron chi connectivity index (χ0n) is 15.7. The van der Waals surface area contributed by atoms with Gasteiger partial charge in [0.1, 0.15) is 23.3 Å². The molecule has 1 aliphatic rings. The molecule has 5 heteroatoms. The van der Waals surface area contributed by atoms with E-state index in [-0.39, 0.29) is 12.0 Å². The van der Waals surface area contributed by atoms with Crippen LogP contribution >= 0.6 is 0 Å². The first kappa shape index (κ1) is 17.5. The standard InChI is InChI=1S/C22H24N2O3/c1-3-17-14-24-19(12-16-6-5-7-20(27-17)21(16)24)22(25)23-13-15-8-10-18(11-9-15)26-4-2/h5-12,17H,3-4,13-14H2,1-2H3,(H,23,25)/t17-/m1/s1. The van der Waals surface area contributed by atoms with Crippen LogP contribution in [0.15, 0.2) is 48.5 Å². The Bertz CT molecular complexity index is 960. The molecule has 1 aromatic heterocycles. The van der Waals surface area contributed by atoms with Crippen molar-refractivity contribution in [3.8, 4) is 11.5 Å². The van der Waals surface area contributed by atoms with Crippen molar-refractivity contribution in [2.24, 2.45) is 0 Å². The van der Waals surface area contributed by atoms with Crippen molar-refractivity contribution < 1.29 is 14.3 Å². The Kier molecular flexibility index (Phi) is 4.75. The number of para-hydroxylation sites is 1. The van der Waals surface area contributed by atoms with Crippen LogP contribution in [0.4, 0.5) is 0 Å². The van der Waals surface area contributed by atoms with Gasteiger partial charge in [0.05, 0.1) is 18.7 Å². The molecule has 4 rings (SSSR count). The number of benzene rings is 2. The van der Waals surface area contributed by atoms with Gasteiger partial charge in [0, 0.05) is 11.9 Å². The lowest BCUT2D eigenvalue weighted by molar-refractivity contribution is 0.0935. The van der Waals surface area contributed by atoms with Crippen molar-refractivity contribution in [3.05, 3.63) is 59.8 Å². The molecule has 1 amide bonds. The van der Waals surface area contributed by atoms with Crippen molar-refractivity contribution in [2.75, 3.05) is 6.61 Å². The van der Waals surface area contributed by atoms with Crippen LogP contribution < -0.4 is 14.8 Å². The minimum absolute atomic E-state index is 0.0669. The Morgan fingerprint density at radius 2 is 2.04 bits per heavy atom. The fourth-order valence-corrected chi connectivity index (χ4v) is 3.54. The number of nitrogens with one attached hydrogen (secondary N) is 1. The molecule has 2 aromatic carbocycles. The lowest BCUT2D eigenvalue weighted by atomic mass is 10.2. The normalized spacial score (nSPS) is 15.4. The third kappa shape index (κ3) is 3.37. The predicted octanol–water partition coefficient (Wildman–Crippen LogP) is 4.14. The fourth-order valence-electron chi connectivity index (χ4n) is 3.54. The molecular weight excluding hydrogens is 340 g/mol. The highest BCUT2D eigenvalue weighted by Gasteiger charge is 2.25. The first-order chi connectivity index (χ1) is 13.2. The van der Waals surface area contributed by atoms with Crippen LogP contribution in [0.1, 0.15) is 36.3 Å². The molecule has 27 heavy (non-hydrogen) atoms. The topological polar surface area (TPSA) is 52.5 Å². The van der Waals surface area contributed by atoms with Gasteiger partial charge in [0.15, 0.2) is 0 Å². The molecule has 0 unspecified atom stereocenters. The van der Waals surface area contributed by atoms with Gasteiger partial charge in [-0.25, -0.2) is 0 Å². The van der Waals surface area contributed by atoms with E-state index in [4.69, 9.17) is 9.47 Å². The molecule has 1 atom stereocenters. The number of carbonyl (C=O) groups is 1. The zero-order valence-corrected chi connectivity index (χ0v) is 15.7. The zero-order chi connectivity index (χ0) is 18.8. The SMILES string of the molecule is CCOc1ccc(CNC(=O)c2cc3cccc4c3n2C[C@@H](CC)O4)cc1. The lowest BCUT2D eigenvalue weighted by Gasteiger charge is -2.26. The summed E-state index contributed by atoms with van der Waals surface area (Å²) in [4.78, 5) is 12.9. The summed E-state index contributed by atoms with van der Waals surface area (Å²) in [6.45, 7) is 5.88. The quantitative estimate of drug-likeness (QED) is 0.715. The van der Waals surface area contributed by atoms with Gasteiger partial charge in [-0.05, 0) is 43.2 Å². The van der Waals surface area contributed by atoms with Gasteiger partial charge in [-0.2, -0.15) is 0 Å². The molecule has 1 N–H and O–H groups in total. The van der Waals surface area contributed by atoms with Crippen LogP contribution in [0.2, 0.25) is 0 Å². The summed E-state index contributed by atoms with van der Waals surface area (Å²) in [5, 5.41) is 4.07. The number of carbonyl (C=O) groups excluding carboxylic acids is 1.